The van der Waals surface area contributed by atoms with Gasteiger partial charge in [0.15, 0.2) is 0 Å². The molecule has 2 aromatic rings. The van der Waals surface area contributed by atoms with Gasteiger partial charge in [-0.1, -0.05) is 18.2 Å². The van der Waals surface area contributed by atoms with E-state index in [1.54, 1.807) is 0 Å². The highest BCUT2D eigenvalue weighted by atomic mass is 16.6. The summed E-state index contributed by atoms with van der Waals surface area (Å²) in [6, 6.07) is 11.1. The number of carbonyl (C=O) groups excluding carboxylic acids is 1. The van der Waals surface area contributed by atoms with Crippen molar-refractivity contribution < 1.29 is 14.8 Å². The number of nitrogens with zero attached hydrogens (tertiary/aromatic N) is 2. The van der Waals surface area contributed by atoms with Gasteiger partial charge in [0.2, 0.25) is 0 Å². The molecule has 24 heavy (non-hydrogen) atoms. The zero-order valence-electron chi connectivity index (χ0n) is 12.9. The first-order valence-corrected chi connectivity index (χ1v) is 7.06. The first-order valence-electron chi connectivity index (χ1n) is 7.06. The van der Waals surface area contributed by atoms with Crippen molar-refractivity contribution in [2.75, 3.05) is 11.9 Å². The van der Waals surface area contributed by atoms with Crippen molar-refractivity contribution in [3.8, 4) is 5.75 Å². The van der Waals surface area contributed by atoms with Crippen LogP contribution in [-0.4, -0.2) is 28.7 Å². The number of aryl methyl sites for hydroxylation is 1. The number of nitro benzene ring substituents is 1. The van der Waals surface area contributed by atoms with Gasteiger partial charge in [-0.05, 0) is 24.6 Å². The van der Waals surface area contributed by atoms with Gasteiger partial charge in [-0.25, -0.2) is 5.43 Å². The number of nitro groups is 1. The predicted octanol–water partition coefficient (Wildman–Crippen LogP) is 2.17. The van der Waals surface area contributed by atoms with Crippen LogP contribution in [0.15, 0.2) is 47.6 Å². The maximum atomic E-state index is 11.7. The van der Waals surface area contributed by atoms with E-state index in [1.807, 2.05) is 31.2 Å². The Morgan fingerprint density at radius 3 is 2.79 bits per heavy atom. The van der Waals surface area contributed by atoms with E-state index in [1.165, 1.54) is 12.1 Å². The fourth-order valence-corrected chi connectivity index (χ4v) is 1.92. The number of nitrogens with one attached hydrogen (secondary N) is 2. The van der Waals surface area contributed by atoms with E-state index in [9.17, 15) is 20.0 Å². The number of benzene rings is 2. The van der Waals surface area contributed by atoms with Crippen LogP contribution in [0.5, 0.6) is 5.75 Å². The van der Waals surface area contributed by atoms with Gasteiger partial charge in [0.25, 0.3) is 11.6 Å². The molecule has 0 unspecified atom stereocenters. The van der Waals surface area contributed by atoms with Crippen molar-refractivity contribution in [2.45, 2.75) is 6.92 Å². The molecule has 124 valence electrons. The summed E-state index contributed by atoms with van der Waals surface area (Å²) in [5.41, 5.74) is 4.09. The Labute approximate surface area is 138 Å². The number of hydrogen-bond acceptors (Lipinski definition) is 6. The lowest BCUT2D eigenvalue weighted by Crippen LogP contribution is -2.26. The number of anilines is 1. The number of phenols is 1. The van der Waals surface area contributed by atoms with Crippen molar-refractivity contribution in [2.24, 2.45) is 5.10 Å². The number of rotatable bonds is 6. The molecule has 3 N–H and O–H groups in total. The minimum absolute atomic E-state index is 0.0170. The quantitative estimate of drug-likeness (QED) is 0.427. The zero-order valence-corrected chi connectivity index (χ0v) is 12.9. The van der Waals surface area contributed by atoms with Crippen LogP contribution in [0, 0.1) is 17.0 Å². The molecule has 1 amide bonds. The van der Waals surface area contributed by atoms with Gasteiger partial charge in [-0.2, -0.15) is 5.10 Å². The lowest BCUT2D eigenvalue weighted by molar-refractivity contribution is -0.384. The van der Waals surface area contributed by atoms with Crippen LogP contribution in [0.1, 0.15) is 11.1 Å². The van der Waals surface area contributed by atoms with Crippen molar-refractivity contribution in [3.63, 3.8) is 0 Å². The summed E-state index contributed by atoms with van der Waals surface area (Å²) in [7, 11) is 0. The molecule has 0 aromatic heterocycles. The second kappa shape index (κ2) is 7.73. The number of amides is 1. The Morgan fingerprint density at radius 2 is 2.08 bits per heavy atom. The van der Waals surface area contributed by atoms with Crippen LogP contribution in [0.4, 0.5) is 11.4 Å². The van der Waals surface area contributed by atoms with Crippen molar-refractivity contribution in [3.05, 3.63) is 63.7 Å². The largest absolute Gasteiger partial charge is 0.507 e. The number of phenolic OH excluding ortho intramolecular Hbond substituents is 1. The zero-order chi connectivity index (χ0) is 17.5. The lowest BCUT2D eigenvalue weighted by atomic mass is 10.2. The second-order valence-electron chi connectivity index (χ2n) is 4.96. The maximum Gasteiger partial charge on any atom is 0.270 e. The fraction of sp³-hybridized carbons (Fsp3) is 0.125. The Hall–Kier alpha value is -3.42. The van der Waals surface area contributed by atoms with Crippen molar-refractivity contribution in [1.29, 1.82) is 0 Å². The van der Waals surface area contributed by atoms with Gasteiger partial charge in [-0.3, -0.25) is 14.9 Å². The van der Waals surface area contributed by atoms with Gasteiger partial charge in [0.1, 0.15) is 5.75 Å². The highest BCUT2D eigenvalue weighted by molar-refractivity contribution is 5.87. The van der Waals surface area contributed by atoms with Gasteiger partial charge in [-0.15, -0.1) is 0 Å². The molecule has 0 radical (unpaired) electrons. The van der Waals surface area contributed by atoms with E-state index in [2.05, 4.69) is 15.8 Å². The highest BCUT2D eigenvalue weighted by Crippen LogP contribution is 2.21. The van der Waals surface area contributed by atoms with Crippen molar-refractivity contribution >= 4 is 23.5 Å². The molecule has 0 fully saturated rings. The average Bonchev–Trinajstić information content (AvgIpc) is 2.55. The first-order chi connectivity index (χ1) is 11.5. The minimum Gasteiger partial charge on any atom is -0.507 e. The SMILES string of the molecule is Cc1ccccc1NCC(=O)NN=Cc1cc([N+](=O)[O-])ccc1O. The molecule has 2 aromatic carbocycles. The van der Waals surface area contributed by atoms with E-state index in [0.29, 0.717) is 0 Å². The molecule has 8 heteroatoms. The monoisotopic (exact) mass is 328 g/mol. The summed E-state index contributed by atoms with van der Waals surface area (Å²) in [5.74, 6) is -0.559. The molecule has 0 aliphatic heterocycles. The third-order valence-corrected chi connectivity index (χ3v) is 3.20. The molecule has 0 aliphatic carbocycles. The van der Waals surface area contributed by atoms with Gasteiger partial charge < -0.3 is 10.4 Å². The molecule has 0 saturated carbocycles. The maximum absolute atomic E-state index is 11.7. The third-order valence-electron chi connectivity index (χ3n) is 3.20. The van der Waals surface area contributed by atoms with Crippen LogP contribution in [-0.2, 0) is 4.79 Å². The van der Waals surface area contributed by atoms with E-state index in [0.717, 1.165) is 23.5 Å². The summed E-state index contributed by atoms with van der Waals surface area (Å²) >= 11 is 0. The standard InChI is InChI=1S/C16H16N4O4/c1-11-4-2-3-5-14(11)17-10-16(22)19-18-9-12-8-13(20(23)24)6-7-15(12)21/h2-9,17,21H,10H2,1H3,(H,19,22). The Morgan fingerprint density at radius 1 is 1.33 bits per heavy atom. The Bertz CT molecular complexity index is 789. The van der Waals surface area contributed by atoms with E-state index < -0.39 is 4.92 Å². The molecule has 0 spiro atoms. The number of aromatic hydroxyl groups is 1. The normalized spacial score (nSPS) is 10.5. The number of hydrogen-bond donors (Lipinski definition) is 3. The first kappa shape index (κ1) is 16.9. The molecule has 0 atom stereocenters. The summed E-state index contributed by atoms with van der Waals surface area (Å²) in [5, 5.41) is 27.0. The molecule has 0 aliphatic rings. The fourth-order valence-electron chi connectivity index (χ4n) is 1.92. The molecule has 0 heterocycles. The summed E-state index contributed by atoms with van der Waals surface area (Å²) < 4.78 is 0. The summed E-state index contributed by atoms with van der Waals surface area (Å²) in [6.07, 6.45) is 1.15. The molecule has 0 saturated heterocycles. The number of non-ortho nitro benzene ring substituents is 1. The summed E-state index contributed by atoms with van der Waals surface area (Å²) in [4.78, 5) is 21.8. The third kappa shape index (κ3) is 4.54. The van der Waals surface area contributed by atoms with Crippen LogP contribution >= 0.6 is 0 Å². The van der Waals surface area contributed by atoms with Gasteiger partial charge >= 0.3 is 0 Å². The molecular weight excluding hydrogens is 312 g/mol. The van der Waals surface area contributed by atoms with E-state index in [4.69, 9.17) is 0 Å². The number of hydrazone groups is 1. The molecular formula is C16H16N4O4. The average molecular weight is 328 g/mol. The van der Waals surface area contributed by atoms with E-state index >= 15 is 0 Å². The molecule has 0 bridgehead atoms. The van der Waals surface area contributed by atoms with Crippen LogP contribution in [0.2, 0.25) is 0 Å². The van der Waals surface area contributed by atoms with Crippen LogP contribution < -0.4 is 10.7 Å². The number of para-hydroxylation sites is 1. The van der Waals surface area contributed by atoms with Gasteiger partial charge in [0, 0.05) is 23.4 Å². The smallest absolute Gasteiger partial charge is 0.270 e. The van der Waals surface area contributed by atoms with Gasteiger partial charge in [0.05, 0.1) is 17.7 Å². The minimum atomic E-state index is -0.582. The summed E-state index contributed by atoms with van der Waals surface area (Å²) in [6.45, 7) is 1.94. The molecule has 2 rings (SSSR count). The second-order valence-corrected chi connectivity index (χ2v) is 4.96. The topological polar surface area (TPSA) is 117 Å². The number of carbonyl (C=O) groups is 1. The van der Waals surface area contributed by atoms with Crippen LogP contribution in [0.25, 0.3) is 0 Å². The predicted molar refractivity (Wildman–Crippen MR) is 90.2 cm³/mol. The van der Waals surface area contributed by atoms with E-state index in [-0.39, 0.29) is 29.5 Å². The van der Waals surface area contributed by atoms with Crippen LogP contribution in [0.3, 0.4) is 0 Å². The molecule has 8 nitrogen and oxygen atoms in total. The Balaban J connectivity index is 1.92. The van der Waals surface area contributed by atoms with Crippen molar-refractivity contribution in [1.82, 2.24) is 5.43 Å². The highest BCUT2D eigenvalue weighted by Gasteiger charge is 2.09. The Kier molecular flexibility index (Phi) is 5.45. The lowest BCUT2D eigenvalue weighted by Gasteiger charge is -2.07.